The molecular weight excluding hydrogens is 162 g/mol. The maximum atomic E-state index is 11.1. The van der Waals surface area contributed by atoms with Gasteiger partial charge in [-0.05, 0) is 31.1 Å². The molecule has 0 aromatic heterocycles. The number of nitrogens with one attached hydrogen (secondary N) is 1. The lowest BCUT2D eigenvalue weighted by Crippen LogP contribution is -2.32. The first kappa shape index (κ1) is 10.6. The topological polar surface area (TPSA) is 29.1 Å². The summed E-state index contributed by atoms with van der Waals surface area (Å²) in [5.41, 5.74) is 0. The van der Waals surface area contributed by atoms with Gasteiger partial charge in [0.1, 0.15) is 0 Å². The van der Waals surface area contributed by atoms with Crippen molar-refractivity contribution in [1.29, 1.82) is 0 Å². The zero-order chi connectivity index (χ0) is 9.84. The Kier molecular flexibility index (Phi) is 3.76. The van der Waals surface area contributed by atoms with E-state index in [1.54, 1.807) is 0 Å². The summed E-state index contributed by atoms with van der Waals surface area (Å²) < 4.78 is 0. The summed E-state index contributed by atoms with van der Waals surface area (Å²) in [7, 11) is 0. The summed E-state index contributed by atoms with van der Waals surface area (Å²) in [4.78, 5) is 11.1. The molecule has 1 rings (SSSR count). The van der Waals surface area contributed by atoms with Crippen LogP contribution in [0.4, 0.5) is 0 Å². The molecule has 1 N–H and O–H groups in total. The third-order valence-corrected chi connectivity index (χ3v) is 3.10. The summed E-state index contributed by atoms with van der Waals surface area (Å²) in [6.07, 6.45) is 4.26. The summed E-state index contributed by atoms with van der Waals surface area (Å²) in [5, 5.41) is 3.07. The Bertz CT molecular complexity index is 177. The molecule has 2 heteroatoms. The monoisotopic (exact) mass is 183 g/mol. The Morgan fingerprint density at radius 1 is 1.46 bits per heavy atom. The van der Waals surface area contributed by atoms with Crippen molar-refractivity contribution >= 4 is 5.91 Å². The zero-order valence-electron chi connectivity index (χ0n) is 8.97. The van der Waals surface area contributed by atoms with Crippen molar-refractivity contribution in [3.63, 3.8) is 0 Å². The van der Waals surface area contributed by atoms with E-state index in [2.05, 4.69) is 19.2 Å². The number of carbonyl (C=O) groups is 1. The molecule has 1 amide bonds. The quantitative estimate of drug-likeness (QED) is 0.715. The predicted molar refractivity (Wildman–Crippen MR) is 54.4 cm³/mol. The minimum Gasteiger partial charge on any atom is -0.353 e. The van der Waals surface area contributed by atoms with Gasteiger partial charge in [-0.25, -0.2) is 0 Å². The summed E-state index contributed by atoms with van der Waals surface area (Å²) >= 11 is 0. The normalized spacial score (nSPS) is 28.0. The lowest BCUT2D eigenvalue weighted by molar-refractivity contribution is -0.121. The molecule has 0 bridgehead atoms. The van der Waals surface area contributed by atoms with Crippen LogP contribution in [0.1, 0.15) is 46.5 Å². The van der Waals surface area contributed by atoms with Gasteiger partial charge in [0.25, 0.3) is 0 Å². The van der Waals surface area contributed by atoms with Crippen LogP contribution in [0.5, 0.6) is 0 Å². The molecule has 0 heterocycles. The molecule has 0 aliphatic heterocycles. The van der Waals surface area contributed by atoms with Gasteiger partial charge in [0.15, 0.2) is 0 Å². The molecule has 0 aromatic rings. The Morgan fingerprint density at radius 2 is 2.15 bits per heavy atom. The maximum Gasteiger partial charge on any atom is 0.219 e. The predicted octanol–water partition coefficient (Wildman–Crippen LogP) is 2.34. The van der Waals surface area contributed by atoms with Crippen molar-refractivity contribution in [2.24, 2.45) is 11.8 Å². The van der Waals surface area contributed by atoms with Gasteiger partial charge in [-0.3, -0.25) is 4.79 Å². The Morgan fingerprint density at radius 3 is 2.62 bits per heavy atom. The highest BCUT2D eigenvalue weighted by Crippen LogP contribution is 2.31. The third-order valence-electron chi connectivity index (χ3n) is 3.10. The van der Waals surface area contributed by atoms with E-state index >= 15 is 0 Å². The van der Waals surface area contributed by atoms with E-state index in [1.165, 1.54) is 19.3 Å². The average Bonchev–Trinajstić information content (AvgIpc) is 2.52. The van der Waals surface area contributed by atoms with Crippen LogP contribution >= 0.6 is 0 Å². The average molecular weight is 183 g/mol. The van der Waals surface area contributed by atoms with Gasteiger partial charge in [0, 0.05) is 12.5 Å². The summed E-state index contributed by atoms with van der Waals surface area (Å²) in [5.74, 6) is 1.79. The van der Waals surface area contributed by atoms with Crippen molar-refractivity contribution in [2.45, 2.75) is 52.5 Å². The van der Waals surface area contributed by atoms with Gasteiger partial charge in [-0.1, -0.05) is 20.8 Å². The molecule has 1 aliphatic carbocycles. The fourth-order valence-electron chi connectivity index (χ4n) is 2.08. The molecule has 0 aromatic carbocycles. The van der Waals surface area contributed by atoms with Crippen LogP contribution in [0, 0.1) is 11.8 Å². The highest BCUT2D eigenvalue weighted by Gasteiger charge is 2.27. The van der Waals surface area contributed by atoms with Gasteiger partial charge in [-0.2, -0.15) is 0 Å². The second-order valence-corrected chi connectivity index (χ2v) is 4.44. The smallest absolute Gasteiger partial charge is 0.219 e. The largest absolute Gasteiger partial charge is 0.353 e. The molecule has 1 saturated carbocycles. The highest BCUT2D eigenvalue weighted by molar-refractivity contribution is 5.75. The SMILES string of the molecule is CCC(=O)N[C@@H]1CC[C@@H](C(C)C)C1. The van der Waals surface area contributed by atoms with Crippen LogP contribution in [0.25, 0.3) is 0 Å². The fraction of sp³-hybridized carbons (Fsp3) is 0.909. The molecule has 2 atom stereocenters. The van der Waals surface area contributed by atoms with E-state index < -0.39 is 0 Å². The molecule has 1 aliphatic rings. The van der Waals surface area contributed by atoms with E-state index in [0.717, 1.165) is 11.8 Å². The van der Waals surface area contributed by atoms with E-state index in [9.17, 15) is 4.79 Å². The first-order valence-electron chi connectivity index (χ1n) is 5.42. The molecule has 1 fully saturated rings. The standard InChI is InChI=1S/C11H21NO/c1-4-11(13)12-10-6-5-9(7-10)8(2)3/h8-10H,4-7H2,1-3H3,(H,12,13)/t9-,10-/m1/s1. The maximum absolute atomic E-state index is 11.1. The van der Waals surface area contributed by atoms with Crippen molar-refractivity contribution in [2.75, 3.05) is 0 Å². The third kappa shape index (κ3) is 3.02. The van der Waals surface area contributed by atoms with Gasteiger partial charge in [0.05, 0.1) is 0 Å². The lowest BCUT2D eigenvalue weighted by atomic mass is 9.94. The number of rotatable bonds is 3. The van der Waals surface area contributed by atoms with Crippen LogP contribution in [-0.2, 0) is 4.79 Å². The van der Waals surface area contributed by atoms with Crippen molar-refractivity contribution in [1.82, 2.24) is 5.32 Å². The van der Waals surface area contributed by atoms with Gasteiger partial charge < -0.3 is 5.32 Å². The summed E-state index contributed by atoms with van der Waals surface area (Å²) in [6, 6.07) is 0.458. The number of hydrogen-bond donors (Lipinski definition) is 1. The fourth-order valence-corrected chi connectivity index (χ4v) is 2.08. The van der Waals surface area contributed by atoms with E-state index in [-0.39, 0.29) is 5.91 Å². The minimum absolute atomic E-state index is 0.203. The second kappa shape index (κ2) is 4.64. The summed E-state index contributed by atoms with van der Waals surface area (Å²) in [6.45, 7) is 6.45. The van der Waals surface area contributed by atoms with Crippen LogP contribution in [0.15, 0.2) is 0 Å². The van der Waals surface area contributed by atoms with Gasteiger partial charge >= 0.3 is 0 Å². The Hall–Kier alpha value is -0.530. The molecular formula is C11H21NO. The molecule has 0 radical (unpaired) electrons. The molecule has 0 unspecified atom stereocenters. The van der Waals surface area contributed by atoms with E-state index in [4.69, 9.17) is 0 Å². The van der Waals surface area contributed by atoms with Crippen molar-refractivity contribution in [3.8, 4) is 0 Å². The van der Waals surface area contributed by atoms with E-state index in [0.29, 0.717) is 12.5 Å². The van der Waals surface area contributed by atoms with Crippen molar-refractivity contribution in [3.05, 3.63) is 0 Å². The Labute approximate surface area is 81.1 Å². The number of amides is 1. The number of carbonyl (C=O) groups excluding carboxylic acids is 1. The Balaban J connectivity index is 2.29. The second-order valence-electron chi connectivity index (χ2n) is 4.44. The molecule has 0 spiro atoms. The first-order chi connectivity index (χ1) is 6.13. The zero-order valence-corrected chi connectivity index (χ0v) is 8.97. The highest BCUT2D eigenvalue weighted by atomic mass is 16.1. The van der Waals surface area contributed by atoms with Crippen molar-refractivity contribution < 1.29 is 4.79 Å². The molecule has 2 nitrogen and oxygen atoms in total. The minimum atomic E-state index is 0.203. The number of hydrogen-bond acceptors (Lipinski definition) is 1. The van der Waals surface area contributed by atoms with Crippen LogP contribution in [0.2, 0.25) is 0 Å². The molecule has 76 valence electrons. The van der Waals surface area contributed by atoms with Gasteiger partial charge in [-0.15, -0.1) is 0 Å². The van der Waals surface area contributed by atoms with Crippen LogP contribution < -0.4 is 5.32 Å². The lowest BCUT2D eigenvalue weighted by Gasteiger charge is -2.15. The first-order valence-corrected chi connectivity index (χ1v) is 5.42. The van der Waals surface area contributed by atoms with Crippen LogP contribution in [0.3, 0.4) is 0 Å². The molecule has 13 heavy (non-hydrogen) atoms. The van der Waals surface area contributed by atoms with Gasteiger partial charge in [0.2, 0.25) is 5.91 Å². The molecule has 0 saturated heterocycles. The van der Waals surface area contributed by atoms with Crippen LogP contribution in [-0.4, -0.2) is 11.9 Å². The van der Waals surface area contributed by atoms with E-state index in [1.807, 2.05) is 6.92 Å².